The summed E-state index contributed by atoms with van der Waals surface area (Å²) in [6, 6.07) is 3.06. The van der Waals surface area contributed by atoms with Crippen molar-refractivity contribution in [1.82, 2.24) is 4.98 Å². The second-order valence-electron chi connectivity index (χ2n) is 3.37. The molecule has 6 heteroatoms. The molecule has 2 aromatic rings. The summed E-state index contributed by atoms with van der Waals surface area (Å²) in [6.07, 6.45) is 0. The fourth-order valence-corrected chi connectivity index (χ4v) is 2.25. The van der Waals surface area contributed by atoms with Crippen LogP contribution in [0.4, 0.5) is 8.78 Å². The van der Waals surface area contributed by atoms with Crippen molar-refractivity contribution in [1.29, 1.82) is 0 Å². The van der Waals surface area contributed by atoms with E-state index in [1.165, 1.54) is 5.51 Å². The first-order valence-corrected chi connectivity index (χ1v) is 6.07. The molecule has 94 valence electrons. The van der Waals surface area contributed by atoms with E-state index in [0.29, 0.717) is 0 Å². The van der Waals surface area contributed by atoms with E-state index in [4.69, 9.17) is 4.74 Å². The quantitative estimate of drug-likeness (QED) is 0.803. The lowest BCUT2D eigenvalue weighted by Crippen LogP contribution is -2.06. The van der Waals surface area contributed by atoms with E-state index in [0.717, 1.165) is 29.5 Å². The van der Waals surface area contributed by atoms with E-state index in [1.807, 2.05) is 0 Å². The second kappa shape index (κ2) is 5.22. The van der Waals surface area contributed by atoms with Crippen molar-refractivity contribution >= 4 is 17.3 Å². The number of benzene rings is 1. The highest BCUT2D eigenvalue weighted by Gasteiger charge is 2.20. The van der Waals surface area contributed by atoms with Gasteiger partial charge >= 0.3 is 5.97 Å². The molecule has 0 aliphatic heterocycles. The molecule has 0 radical (unpaired) electrons. The number of carbonyl (C=O) groups is 1. The number of ether oxygens (including phenoxy) is 1. The van der Waals surface area contributed by atoms with Crippen LogP contribution in [-0.4, -0.2) is 17.6 Å². The van der Waals surface area contributed by atoms with Gasteiger partial charge in [-0.1, -0.05) is 0 Å². The van der Waals surface area contributed by atoms with E-state index < -0.39 is 17.6 Å². The van der Waals surface area contributed by atoms with Crippen molar-refractivity contribution in [2.75, 3.05) is 6.61 Å². The van der Waals surface area contributed by atoms with E-state index in [9.17, 15) is 13.6 Å². The summed E-state index contributed by atoms with van der Waals surface area (Å²) in [5, 5.41) is 0. The number of hydrogen-bond acceptors (Lipinski definition) is 4. The largest absolute Gasteiger partial charge is 0.461 e. The fraction of sp³-hybridized carbons (Fsp3) is 0.167. The van der Waals surface area contributed by atoms with Gasteiger partial charge in [0.05, 0.1) is 17.0 Å². The van der Waals surface area contributed by atoms with E-state index in [1.54, 1.807) is 6.92 Å². The van der Waals surface area contributed by atoms with Crippen LogP contribution in [0.3, 0.4) is 0 Å². The third-order valence-corrected chi connectivity index (χ3v) is 3.07. The van der Waals surface area contributed by atoms with Gasteiger partial charge < -0.3 is 4.74 Å². The second-order valence-corrected chi connectivity index (χ2v) is 4.23. The van der Waals surface area contributed by atoms with Gasteiger partial charge in [-0.25, -0.2) is 18.6 Å². The number of carbonyl (C=O) groups excluding carboxylic acids is 1. The van der Waals surface area contributed by atoms with Crippen LogP contribution in [0.1, 0.15) is 17.4 Å². The molecule has 2 rings (SSSR count). The van der Waals surface area contributed by atoms with Gasteiger partial charge in [-0.15, -0.1) is 11.3 Å². The highest BCUT2D eigenvalue weighted by molar-refractivity contribution is 7.13. The number of hydrogen-bond donors (Lipinski definition) is 0. The number of aromatic nitrogens is 1. The van der Waals surface area contributed by atoms with Crippen LogP contribution < -0.4 is 0 Å². The predicted octanol–water partition coefficient (Wildman–Crippen LogP) is 3.27. The predicted molar refractivity (Wildman–Crippen MR) is 63.4 cm³/mol. The van der Waals surface area contributed by atoms with Crippen LogP contribution in [-0.2, 0) is 4.74 Å². The monoisotopic (exact) mass is 269 g/mol. The van der Waals surface area contributed by atoms with Gasteiger partial charge in [0.2, 0.25) is 0 Å². The average molecular weight is 269 g/mol. The Morgan fingerprint density at radius 3 is 2.94 bits per heavy atom. The molecule has 0 aliphatic carbocycles. The number of nitrogens with zero attached hydrogens (tertiary/aromatic N) is 1. The lowest BCUT2D eigenvalue weighted by Gasteiger charge is -2.04. The molecule has 0 fully saturated rings. The highest BCUT2D eigenvalue weighted by Crippen LogP contribution is 2.30. The van der Waals surface area contributed by atoms with Gasteiger partial charge in [0.25, 0.3) is 0 Å². The first-order chi connectivity index (χ1) is 8.63. The standard InChI is InChI=1S/C12H9F2NO2S/c1-2-17-12(16)10-11(18-6-15-10)8-5-7(13)3-4-9(8)14/h3-6H,2H2,1H3. The van der Waals surface area contributed by atoms with Crippen molar-refractivity contribution in [2.45, 2.75) is 6.92 Å². The Balaban J connectivity index is 2.48. The molecule has 0 bridgehead atoms. The summed E-state index contributed by atoms with van der Waals surface area (Å²) in [5.41, 5.74) is 1.42. The van der Waals surface area contributed by atoms with Crippen LogP contribution in [0.15, 0.2) is 23.7 Å². The average Bonchev–Trinajstić information content (AvgIpc) is 2.81. The van der Waals surface area contributed by atoms with E-state index in [-0.39, 0.29) is 22.7 Å². The number of esters is 1. The summed E-state index contributed by atoms with van der Waals surface area (Å²) in [5.74, 6) is -1.82. The van der Waals surface area contributed by atoms with Crippen molar-refractivity contribution < 1.29 is 18.3 Å². The Hall–Kier alpha value is -1.82. The molecule has 1 heterocycles. The maximum atomic E-state index is 13.6. The minimum atomic E-state index is -0.641. The summed E-state index contributed by atoms with van der Waals surface area (Å²) in [4.78, 5) is 15.7. The topological polar surface area (TPSA) is 39.2 Å². The van der Waals surface area contributed by atoms with E-state index >= 15 is 0 Å². The van der Waals surface area contributed by atoms with Crippen LogP contribution in [0.25, 0.3) is 10.4 Å². The van der Waals surface area contributed by atoms with Crippen molar-refractivity contribution in [3.8, 4) is 10.4 Å². The Kier molecular flexibility index (Phi) is 3.66. The molecule has 0 amide bonds. The van der Waals surface area contributed by atoms with Crippen molar-refractivity contribution in [3.05, 3.63) is 41.0 Å². The summed E-state index contributed by atoms with van der Waals surface area (Å²) >= 11 is 1.06. The summed E-state index contributed by atoms with van der Waals surface area (Å²) in [6.45, 7) is 1.86. The van der Waals surface area contributed by atoms with Gasteiger partial charge in [0, 0.05) is 5.56 Å². The fourth-order valence-electron chi connectivity index (χ4n) is 1.45. The molecular formula is C12H9F2NO2S. The maximum Gasteiger partial charge on any atom is 0.358 e. The molecule has 0 atom stereocenters. The molecule has 0 aliphatic rings. The van der Waals surface area contributed by atoms with Gasteiger partial charge in [0.15, 0.2) is 5.69 Å². The third-order valence-electron chi connectivity index (χ3n) is 2.21. The smallest absolute Gasteiger partial charge is 0.358 e. The highest BCUT2D eigenvalue weighted by atomic mass is 32.1. The molecule has 1 aromatic carbocycles. The zero-order valence-electron chi connectivity index (χ0n) is 9.44. The molecule has 3 nitrogen and oxygen atoms in total. The van der Waals surface area contributed by atoms with Crippen molar-refractivity contribution in [3.63, 3.8) is 0 Å². The van der Waals surface area contributed by atoms with Gasteiger partial charge in [0.1, 0.15) is 11.6 Å². The Labute approximate surface area is 106 Å². The SMILES string of the molecule is CCOC(=O)c1ncsc1-c1cc(F)ccc1F. The zero-order valence-corrected chi connectivity index (χ0v) is 10.3. The zero-order chi connectivity index (χ0) is 13.1. The maximum absolute atomic E-state index is 13.6. The molecule has 0 unspecified atom stereocenters. The molecular weight excluding hydrogens is 260 g/mol. The summed E-state index contributed by atoms with van der Waals surface area (Å²) in [7, 11) is 0. The third kappa shape index (κ3) is 2.38. The molecule has 18 heavy (non-hydrogen) atoms. The van der Waals surface area contributed by atoms with E-state index in [2.05, 4.69) is 4.98 Å². The van der Waals surface area contributed by atoms with Crippen LogP contribution in [0.5, 0.6) is 0 Å². The van der Waals surface area contributed by atoms with Crippen LogP contribution in [0, 0.1) is 11.6 Å². The molecule has 0 spiro atoms. The molecule has 0 saturated heterocycles. The molecule has 0 saturated carbocycles. The van der Waals surface area contributed by atoms with Gasteiger partial charge in [-0.05, 0) is 25.1 Å². The van der Waals surface area contributed by atoms with Crippen LogP contribution >= 0.6 is 11.3 Å². The lowest BCUT2D eigenvalue weighted by molar-refractivity contribution is 0.0521. The minimum absolute atomic E-state index is 0.00588. The first-order valence-electron chi connectivity index (χ1n) is 5.19. The molecule has 0 N–H and O–H groups in total. The van der Waals surface area contributed by atoms with Crippen LogP contribution in [0.2, 0.25) is 0 Å². The van der Waals surface area contributed by atoms with Crippen molar-refractivity contribution in [2.24, 2.45) is 0 Å². The summed E-state index contributed by atoms with van der Waals surface area (Å²) < 4.78 is 31.6. The Morgan fingerprint density at radius 2 is 2.22 bits per heavy atom. The Morgan fingerprint density at radius 1 is 1.44 bits per heavy atom. The number of halogens is 2. The van der Waals surface area contributed by atoms with Gasteiger partial charge in [-0.2, -0.15) is 0 Å². The normalized spacial score (nSPS) is 10.4. The Bertz CT molecular complexity index is 583. The lowest BCUT2D eigenvalue weighted by atomic mass is 10.1. The minimum Gasteiger partial charge on any atom is -0.461 e. The number of rotatable bonds is 3. The van der Waals surface area contributed by atoms with Gasteiger partial charge in [-0.3, -0.25) is 0 Å². The number of thiazole rings is 1. The first kappa shape index (κ1) is 12.6. The molecule has 1 aromatic heterocycles.